The highest BCUT2D eigenvalue weighted by atomic mass is 14.6. The van der Waals surface area contributed by atoms with E-state index >= 15 is 0 Å². The molecule has 0 radical (unpaired) electrons. The molecule has 0 aliphatic heterocycles. The molecular formula is C41H29N. The fraction of sp³-hybridized carbons (Fsp3) is 0.0488. The third kappa shape index (κ3) is 3.74. The van der Waals surface area contributed by atoms with E-state index in [1.807, 2.05) is 12.3 Å². The van der Waals surface area contributed by atoms with E-state index in [1.165, 1.54) is 55.6 Å². The van der Waals surface area contributed by atoms with E-state index in [1.54, 1.807) is 0 Å². The number of para-hydroxylation sites is 1. The Labute approximate surface area is 246 Å². The average molecular weight is 536 g/mol. The van der Waals surface area contributed by atoms with E-state index in [4.69, 9.17) is 4.98 Å². The normalized spacial score (nSPS) is 15.4. The maximum absolute atomic E-state index is 4.71. The maximum atomic E-state index is 4.71. The van der Waals surface area contributed by atoms with Crippen LogP contribution in [-0.4, -0.2) is 4.98 Å². The van der Waals surface area contributed by atoms with E-state index in [-0.39, 0.29) is 5.41 Å². The van der Waals surface area contributed by atoms with E-state index in [0.29, 0.717) is 0 Å². The molecule has 0 spiro atoms. The summed E-state index contributed by atoms with van der Waals surface area (Å²) in [5.74, 6) is 0. The van der Waals surface area contributed by atoms with Crippen molar-refractivity contribution in [2.45, 2.75) is 12.3 Å². The summed E-state index contributed by atoms with van der Waals surface area (Å²) < 4.78 is 0. The standard InChI is InChI=1S/C41H29N/c1-41(33-15-6-3-7-16-33)36-18-10-9-17-35(36)40-37(41)25-24-34(29-12-4-2-5-13-29)39(40)30-22-20-28(21-23-30)32-26-31-14-8-11-19-38(31)42-27-32/h2-27H,1H3. The number of nitrogens with zero attached hydrogens (tertiary/aromatic N) is 1. The molecule has 0 saturated carbocycles. The summed E-state index contributed by atoms with van der Waals surface area (Å²) in [4.78, 5) is 4.71. The topological polar surface area (TPSA) is 12.9 Å². The van der Waals surface area contributed by atoms with Crippen molar-refractivity contribution in [2.24, 2.45) is 0 Å². The molecule has 42 heavy (non-hydrogen) atoms. The predicted octanol–water partition coefficient (Wildman–Crippen LogP) is 10.6. The van der Waals surface area contributed by atoms with Gasteiger partial charge in [0.25, 0.3) is 0 Å². The van der Waals surface area contributed by atoms with Crippen molar-refractivity contribution in [3.8, 4) is 44.5 Å². The monoisotopic (exact) mass is 535 g/mol. The fourth-order valence-electron chi connectivity index (χ4n) is 6.88. The summed E-state index contributed by atoms with van der Waals surface area (Å²) in [6.45, 7) is 2.38. The second kappa shape index (κ2) is 9.68. The summed E-state index contributed by atoms with van der Waals surface area (Å²) in [5, 5.41) is 1.16. The lowest BCUT2D eigenvalue weighted by atomic mass is 9.73. The van der Waals surface area contributed by atoms with Gasteiger partial charge in [0.15, 0.2) is 0 Å². The molecule has 0 fully saturated rings. The second-order valence-corrected chi connectivity index (χ2v) is 11.3. The minimum Gasteiger partial charge on any atom is -0.256 e. The molecule has 0 saturated heterocycles. The summed E-state index contributed by atoms with van der Waals surface area (Å²) in [6.07, 6.45) is 1.98. The first-order chi connectivity index (χ1) is 20.7. The largest absolute Gasteiger partial charge is 0.256 e. The van der Waals surface area contributed by atoms with Crippen LogP contribution in [0.25, 0.3) is 55.4 Å². The van der Waals surface area contributed by atoms with E-state index in [2.05, 4.69) is 153 Å². The number of rotatable bonds is 4. The smallest absolute Gasteiger partial charge is 0.0702 e. The first kappa shape index (κ1) is 24.5. The van der Waals surface area contributed by atoms with Crippen molar-refractivity contribution in [1.82, 2.24) is 4.98 Å². The Morgan fingerprint density at radius 1 is 0.452 bits per heavy atom. The lowest BCUT2D eigenvalue weighted by molar-refractivity contribution is 0.714. The molecule has 1 aliphatic rings. The van der Waals surface area contributed by atoms with Crippen LogP contribution in [0, 0.1) is 0 Å². The minimum atomic E-state index is -0.242. The van der Waals surface area contributed by atoms with Gasteiger partial charge in [-0.25, -0.2) is 0 Å². The van der Waals surface area contributed by atoms with Gasteiger partial charge < -0.3 is 0 Å². The number of hydrogen-bond donors (Lipinski definition) is 0. The molecule has 1 aliphatic carbocycles. The van der Waals surface area contributed by atoms with Gasteiger partial charge in [0.2, 0.25) is 0 Å². The second-order valence-electron chi connectivity index (χ2n) is 11.3. The molecule has 1 nitrogen and oxygen atoms in total. The van der Waals surface area contributed by atoms with E-state index in [9.17, 15) is 0 Å². The molecule has 1 heteroatoms. The molecular weight excluding hydrogens is 506 g/mol. The Balaban J connectivity index is 1.36. The molecule has 0 N–H and O–H groups in total. The van der Waals surface area contributed by atoms with Gasteiger partial charge in [-0.1, -0.05) is 140 Å². The highest BCUT2D eigenvalue weighted by Crippen LogP contribution is 2.56. The summed E-state index contributed by atoms with van der Waals surface area (Å²) in [7, 11) is 0. The summed E-state index contributed by atoms with van der Waals surface area (Å²) >= 11 is 0. The Kier molecular flexibility index (Phi) is 5.65. The van der Waals surface area contributed by atoms with Crippen molar-refractivity contribution >= 4 is 10.9 Å². The number of hydrogen-bond acceptors (Lipinski definition) is 1. The predicted molar refractivity (Wildman–Crippen MR) is 175 cm³/mol. The van der Waals surface area contributed by atoms with Crippen molar-refractivity contribution < 1.29 is 0 Å². The van der Waals surface area contributed by atoms with Gasteiger partial charge >= 0.3 is 0 Å². The Morgan fingerprint density at radius 3 is 1.93 bits per heavy atom. The first-order valence-electron chi connectivity index (χ1n) is 14.6. The van der Waals surface area contributed by atoms with Gasteiger partial charge in [-0.3, -0.25) is 4.98 Å². The molecule has 1 aromatic heterocycles. The zero-order chi connectivity index (χ0) is 28.1. The first-order valence-corrected chi connectivity index (χ1v) is 14.6. The van der Waals surface area contributed by atoms with Gasteiger partial charge in [0.1, 0.15) is 0 Å². The highest BCUT2D eigenvalue weighted by Gasteiger charge is 2.42. The van der Waals surface area contributed by atoms with Crippen LogP contribution in [0.15, 0.2) is 158 Å². The number of aromatic nitrogens is 1. The molecule has 0 bridgehead atoms. The molecule has 1 heterocycles. The van der Waals surface area contributed by atoms with Crippen LogP contribution in [0.2, 0.25) is 0 Å². The third-order valence-electron chi connectivity index (χ3n) is 9.01. The molecule has 8 rings (SSSR count). The Morgan fingerprint density at radius 2 is 1.12 bits per heavy atom. The number of fused-ring (bicyclic) bond motifs is 4. The van der Waals surface area contributed by atoms with Crippen LogP contribution in [-0.2, 0) is 5.41 Å². The zero-order valence-electron chi connectivity index (χ0n) is 23.5. The van der Waals surface area contributed by atoms with Gasteiger partial charge in [-0.15, -0.1) is 0 Å². The lowest BCUT2D eigenvalue weighted by Gasteiger charge is -2.29. The molecule has 1 unspecified atom stereocenters. The SMILES string of the molecule is CC1(c2ccccc2)c2ccccc2-c2c1ccc(-c1ccccc1)c2-c1ccc(-c2cnc3ccccc3c2)cc1. The lowest BCUT2D eigenvalue weighted by Crippen LogP contribution is -2.22. The third-order valence-corrected chi connectivity index (χ3v) is 9.01. The highest BCUT2D eigenvalue weighted by molar-refractivity contribution is 6.01. The number of pyridine rings is 1. The van der Waals surface area contributed by atoms with Crippen molar-refractivity contribution in [2.75, 3.05) is 0 Å². The molecule has 7 aromatic rings. The van der Waals surface area contributed by atoms with Crippen LogP contribution in [0.5, 0.6) is 0 Å². The van der Waals surface area contributed by atoms with Crippen molar-refractivity contribution in [3.63, 3.8) is 0 Å². The minimum absolute atomic E-state index is 0.242. The van der Waals surface area contributed by atoms with Gasteiger partial charge in [0, 0.05) is 22.6 Å². The quantitative estimate of drug-likeness (QED) is 0.218. The van der Waals surface area contributed by atoms with E-state index < -0.39 is 0 Å². The average Bonchev–Trinajstić information content (AvgIpc) is 3.34. The van der Waals surface area contributed by atoms with Crippen LogP contribution < -0.4 is 0 Å². The van der Waals surface area contributed by atoms with Crippen LogP contribution in [0.4, 0.5) is 0 Å². The molecule has 0 amide bonds. The number of benzene rings is 6. The van der Waals surface area contributed by atoms with Crippen molar-refractivity contribution in [3.05, 3.63) is 175 Å². The van der Waals surface area contributed by atoms with Gasteiger partial charge in [-0.2, -0.15) is 0 Å². The zero-order valence-corrected chi connectivity index (χ0v) is 23.5. The Bertz CT molecular complexity index is 2070. The van der Waals surface area contributed by atoms with Crippen LogP contribution >= 0.6 is 0 Å². The fourth-order valence-corrected chi connectivity index (χ4v) is 6.88. The molecule has 1 atom stereocenters. The van der Waals surface area contributed by atoms with Crippen LogP contribution in [0.3, 0.4) is 0 Å². The van der Waals surface area contributed by atoms with Crippen LogP contribution in [0.1, 0.15) is 23.6 Å². The van der Waals surface area contributed by atoms with Gasteiger partial charge in [-0.05, 0) is 74.7 Å². The summed E-state index contributed by atoms with van der Waals surface area (Å²) in [5.41, 5.74) is 14.7. The van der Waals surface area contributed by atoms with E-state index in [0.717, 1.165) is 16.5 Å². The molecule has 198 valence electrons. The van der Waals surface area contributed by atoms with Gasteiger partial charge in [0.05, 0.1) is 5.52 Å². The van der Waals surface area contributed by atoms with Crippen molar-refractivity contribution in [1.29, 1.82) is 0 Å². The Hall–Kier alpha value is -5.27. The maximum Gasteiger partial charge on any atom is 0.0702 e. The molecule has 6 aromatic carbocycles. The summed E-state index contributed by atoms with van der Waals surface area (Å²) in [6, 6.07) is 55.0.